The molecule has 0 heteroatoms. The van der Waals surface area contributed by atoms with Crippen molar-refractivity contribution in [2.24, 2.45) is 5.92 Å². The number of allylic oxidation sites excluding steroid dienone is 2. The molecule has 1 aromatic carbocycles. The van der Waals surface area contributed by atoms with Crippen LogP contribution in [0.4, 0.5) is 0 Å². The summed E-state index contributed by atoms with van der Waals surface area (Å²) in [7, 11) is 0. The quantitative estimate of drug-likeness (QED) is 0.633. The highest BCUT2D eigenvalue weighted by Gasteiger charge is 2.32. The zero-order chi connectivity index (χ0) is 10.8. The van der Waals surface area contributed by atoms with E-state index in [2.05, 4.69) is 30.3 Å². The van der Waals surface area contributed by atoms with E-state index in [4.69, 9.17) is 0 Å². The molecule has 0 nitrogen and oxygen atoms in total. The predicted molar refractivity (Wildman–Crippen MR) is 68.4 cm³/mol. The fraction of sp³-hybridized carbons (Fsp3) is 0.500. The first-order valence-electron chi connectivity index (χ1n) is 6.68. The number of rotatable bonds is 2. The monoisotopic (exact) mass is 212 g/mol. The summed E-state index contributed by atoms with van der Waals surface area (Å²) in [5.41, 5.74) is 5.16. The predicted octanol–water partition coefficient (Wildman–Crippen LogP) is 4.51. The molecule has 0 spiro atoms. The highest BCUT2D eigenvalue weighted by Crippen LogP contribution is 2.46. The summed E-state index contributed by atoms with van der Waals surface area (Å²) in [6.07, 6.45) is 9.82. The molecule has 0 radical (unpaired) electrons. The smallest absolute Gasteiger partial charge is 0.0122 e. The van der Waals surface area contributed by atoms with Crippen LogP contribution < -0.4 is 0 Å². The third-order valence-corrected chi connectivity index (χ3v) is 4.04. The normalized spacial score (nSPS) is 24.6. The van der Waals surface area contributed by atoms with Crippen LogP contribution in [-0.4, -0.2) is 0 Å². The molecule has 84 valence electrons. The molecule has 0 amide bonds. The number of hydrogen-bond donors (Lipinski definition) is 0. The zero-order valence-corrected chi connectivity index (χ0v) is 9.91. The van der Waals surface area contributed by atoms with E-state index in [0.29, 0.717) is 0 Å². The Morgan fingerprint density at radius 3 is 2.44 bits per heavy atom. The van der Waals surface area contributed by atoms with Gasteiger partial charge in [-0.2, -0.15) is 0 Å². The molecule has 0 bridgehead atoms. The molecule has 2 aliphatic rings. The van der Waals surface area contributed by atoms with Gasteiger partial charge in [-0.05, 0) is 50.0 Å². The molecular weight excluding hydrogens is 192 g/mol. The maximum absolute atomic E-state index is 2.27. The summed E-state index contributed by atoms with van der Waals surface area (Å²) in [5, 5.41) is 0. The molecule has 0 heterocycles. The fourth-order valence-corrected chi connectivity index (χ4v) is 3.03. The van der Waals surface area contributed by atoms with Gasteiger partial charge in [-0.1, -0.05) is 47.9 Å². The lowest BCUT2D eigenvalue weighted by molar-refractivity contribution is 0.595. The van der Waals surface area contributed by atoms with Crippen LogP contribution in [0.5, 0.6) is 0 Å². The highest BCUT2D eigenvalue weighted by molar-refractivity contribution is 5.33. The summed E-state index contributed by atoms with van der Waals surface area (Å²) >= 11 is 0. The average molecular weight is 212 g/mol. The molecule has 16 heavy (non-hydrogen) atoms. The van der Waals surface area contributed by atoms with E-state index >= 15 is 0 Å². The largest absolute Gasteiger partial charge is 0.0707 e. The Labute approximate surface area is 98.4 Å². The van der Waals surface area contributed by atoms with Crippen LogP contribution in [0.1, 0.15) is 44.1 Å². The lowest BCUT2D eigenvalue weighted by Crippen LogP contribution is -1.94. The Bertz CT molecular complexity index is 378. The van der Waals surface area contributed by atoms with Gasteiger partial charge < -0.3 is 0 Å². The summed E-state index contributed by atoms with van der Waals surface area (Å²) in [5.74, 6) is 0.899. The van der Waals surface area contributed by atoms with Crippen LogP contribution in [0.3, 0.4) is 0 Å². The first kappa shape index (κ1) is 10.1. The standard InChI is InChI=1S/C16H20/c1-3-7-13(8-4-1)11-15-12-16(15)14-9-5-2-6-10-14/h1,3-4,7-8,15H,2,5-6,9-12H2. The summed E-state index contributed by atoms with van der Waals surface area (Å²) in [4.78, 5) is 0. The Morgan fingerprint density at radius 2 is 1.69 bits per heavy atom. The minimum atomic E-state index is 0.899. The van der Waals surface area contributed by atoms with Crippen molar-refractivity contribution in [1.29, 1.82) is 0 Å². The second-order valence-electron chi connectivity index (χ2n) is 5.28. The van der Waals surface area contributed by atoms with Crippen molar-refractivity contribution in [3.8, 4) is 0 Å². The van der Waals surface area contributed by atoms with E-state index in [1.54, 1.807) is 0 Å². The Kier molecular flexibility index (Phi) is 2.82. The van der Waals surface area contributed by atoms with E-state index in [1.165, 1.54) is 50.5 Å². The molecule has 0 saturated heterocycles. The molecule has 2 fully saturated rings. The molecule has 3 rings (SSSR count). The minimum absolute atomic E-state index is 0.899. The summed E-state index contributed by atoms with van der Waals surface area (Å²) in [6.45, 7) is 0. The fourth-order valence-electron chi connectivity index (χ4n) is 3.03. The highest BCUT2D eigenvalue weighted by atomic mass is 14.4. The van der Waals surface area contributed by atoms with Crippen molar-refractivity contribution in [1.82, 2.24) is 0 Å². The van der Waals surface area contributed by atoms with Crippen LogP contribution in [0.25, 0.3) is 0 Å². The maximum Gasteiger partial charge on any atom is -0.0122 e. The van der Waals surface area contributed by atoms with E-state index in [-0.39, 0.29) is 0 Å². The minimum Gasteiger partial charge on any atom is -0.0707 e. The first-order chi connectivity index (χ1) is 7.93. The second-order valence-corrected chi connectivity index (χ2v) is 5.28. The van der Waals surface area contributed by atoms with Crippen molar-refractivity contribution in [2.45, 2.75) is 44.9 Å². The first-order valence-corrected chi connectivity index (χ1v) is 6.68. The third-order valence-electron chi connectivity index (χ3n) is 4.04. The Balaban J connectivity index is 1.63. The average Bonchev–Trinajstić information content (AvgIpc) is 3.11. The van der Waals surface area contributed by atoms with Gasteiger partial charge in [-0.15, -0.1) is 0 Å². The van der Waals surface area contributed by atoms with Crippen molar-refractivity contribution < 1.29 is 0 Å². The molecule has 1 unspecified atom stereocenters. The van der Waals surface area contributed by atoms with Gasteiger partial charge in [0.05, 0.1) is 0 Å². The van der Waals surface area contributed by atoms with E-state index in [1.807, 2.05) is 11.1 Å². The van der Waals surface area contributed by atoms with E-state index in [9.17, 15) is 0 Å². The van der Waals surface area contributed by atoms with Crippen LogP contribution >= 0.6 is 0 Å². The number of hydrogen-bond acceptors (Lipinski definition) is 0. The van der Waals surface area contributed by atoms with Crippen molar-refractivity contribution in [3.63, 3.8) is 0 Å². The molecule has 0 aliphatic heterocycles. The topological polar surface area (TPSA) is 0 Å². The molecular formula is C16H20. The van der Waals surface area contributed by atoms with Gasteiger partial charge in [0.15, 0.2) is 0 Å². The van der Waals surface area contributed by atoms with Gasteiger partial charge in [0.25, 0.3) is 0 Å². The SMILES string of the molecule is c1ccc(CC2CC2=C2CCCCC2)cc1. The summed E-state index contributed by atoms with van der Waals surface area (Å²) in [6, 6.07) is 11.0. The molecule has 1 aromatic rings. The van der Waals surface area contributed by atoms with Crippen molar-refractivity contribution >= 4 is 0 Å². The Morgan fingerprint density at radius 1 is 0.938 bits per heavy atom. The van der Waals surface area contributed by atoms with Crippen molar-refractivity contribution in [2.75, 3.05) is 0 Å². The van der Waals surface area contributed by atoms with E-state index < -0.39 is 0 Å². The van der Waals surface area contributed by atoms with Crippen LogP contribution in [0.15, 0.2) is 41.5 Å². The molecule has 2 saturated carbocycles. The van der Waals surface area contributed by atoms with Crippen LogP contribution in [0, 0.1) is 5.92 Å². The van der Waals surface area contributed by atoms with Gasteiger partial charge in [-0.3, -0.25) is 0 Å². The third kappa shape index (κ3) is 2.21. The molecule has 0 aromatic heterocycles. The molecule has 1 atom stereocenters. The second kappa shape index (κ2) is 4.45. The maximum atomic E-state index is 2.27. The van der Waals surface area contributed by atoms with E-state index in [0.717, 1.165) is 5.92 Å². The van der Waals surface area contributed by atoms with Gasteiger partial charge >= 0.3 is 0 Å². The number of benzene rings is 1. The van der Waals surface area contributed by atoms with Gasteiger partial charge in [0, 0.05) is 0 Å². The summed E-state index contributed by atoms with van der Waals surface area (Å²) < 4.78 is 0. The molecule has 0 N–H and O–H groups in total. The Hall–Kier alpha value is -1.04. The molecule has 2 aliphatic carbocycles. The van der Waals surface area contributed by atoms with Crippen LogP contribution in [-0.2, 0) is 6.42 Å². The van der Waals surface area contributed by atoms with Crippen LogP contribution in [0.2, 0.25) is 0 Å². The van der Waals surface area contributed by atoms with Gasteiger partial charge in [0.1, 0.15) is 0 Å². The van der Waals surface area contributed by atoms with Gasteiger partial charge in [0.2, 0.25) is 0 Å². The van der Waals surface area contributed by atoms with Gasteiger partial charge in [-0.25, -0.2) is 0 Å². The van der Waals surface area contributed by atoms with Crippen molar-refractivity contribution in [3.05, 3.63) is 47.0 Å². The lowest BCUT2D eigenvalue weighted by atomic mass is 9.93. The zero-order valence-electron chi connectivity index (χ0n) is 9.91. The lowest BCUT2D eigenvalue weighted by Gasteiger charge is -2.13.